The van der Waals surface area contributed by atoms with E-state index in [0.717, 1.165) is 4.68 Å². The van der Waals surface area contributed by atoms with Crippen molar-refractivity contribution in [2.24, 2.45) is 0 Å². The van der Waals surface area contributed by atoms with Crippen LogP contribution in [0.5, 0.6) is 0 Å². The minimum atomic E-state index is -1.90. The van der Waals surface area contributed by atoms with Gasteiger partial charge in [-0.2, -0.15) is 0 Å². The van der Waals surface area contributed by atoms with Gasteiger partial charge in [0.1, 0.15) is 0 Å². The van der Waals surface area contributed by atoms with Crippen LogP contribution in [0.1, 0.15) is 49.3 Å². The van der Waals surface area contributed by atoms with E-state index in [1.807, 2.05) is 0 Å². The Bertz CT molecular complexity index is 449. The molecule has 0 radical (unpaired) electrons. The minimum Gasteiger partial charge on any atom is -0.460 e. The van der Waals surface area contributed by atoms with Gasteiger partial charge in [0, 0.05) is 6.42 Å². The lowest BCUT2D eigenvalue weighted by Crippen LogP contribution is -2.25. The molecule has 7 heteroatoms. The highest BCUT2D eigenvalue weighted by molar-refractivity contribution is 5.85. The molecule has 2 rings (SSSR count). The quantitative estimate of drug-likeness (QED) is 0.763. The van der Waals surface area contributed by atoms with Crippen LogP contribution in [0.3, 0.4) is 0 Å². The van der Waals surface area contributed by atoms with Crippen LogP contribution in [0.2, 0.25) is 0 Å². The maximum Gasteiger partial charge on any atom is 0.378 e. The molecule has 0 fully saturated rings. The maximum atomic E-state index is 14.2. The molecule has 0 spiro atoms. The Morgan fingerprint density at radius 2 is 2.35 bits per heavy atom. The number of carbonyl (C=O) groups excluding carboxylic acids is 1. The second-order valence-electron chi connectivity index (χ2n) is 3.87. The van der Waals surface area contributed by atoms with Gasteiger partial charge in [-0.3, -0.25) is 0 Å². The summed E-state index contributed by atoms with van der Waals surface area (Å²) in [6.07, 6.45) is -1.76. The molecule has 1 aliphatic rings. The highest BCUT2D eigenvalue weighted by Crippen LogP contribution is 2.43. The second kappa shape index (κ2) is 4.05. The van der Waals surface area contributed by atoms with Crippen molar-refractivity contribution >= 4 is 5.97 Å². The number of nitrogens with zero attached hydrogens (tertiary/aromatic N) is 3. The third-order valence-electron chi connectivity index (χ3n) is 2.78. The predicted molar refractivity (Wildman–Crippen MR) is 53.8 cm³/mol. The number of hydrogen-bond acceptors (Lipinski definition) is 4. The third kappa shape index (κ3) is 1.79. The molecule has 0 saturated carbocycles. The summed E-state index contributed by atoms with van der Waals surface area (Å²) in [7, 11) is 0. The molecular weight excluding hydrogens is 232 g/mol. The van der Waals surface area contributed by atoms with Gasteiger partial charge in [-0.25, -0.2) is 23.2 Å². The van der Waals surface area contributed by atoms with Crippen LogP contribution in [0.4, 0.5) is 8.78 Å². The molecule has 2 unspecified atom stereocenters. The van der Waals surface area contributed by atoms with Gasteiger partial charge in [-0.15, -0.1) is 5.10 Å². The molecule has 17 heavy (non-hydrogen) atoms. The second-order valence-corrected chi connectivity index (χ2v) is 3.87. The summed E-state index contributed by atoms with van der Waals surface area (Å²) in [5, 5.41) is 3.70. The summed E-state index contributed by atoms with van der Waals surface area (Å²) in [4.78, 5) is 15.0. The molecule has 0 aromatic carbocycles. The summed E-state index contributed by atoms with van der Waals surface area (Å²) < 4.78 is 33.3. The summed E-state index contributed by atoms with van der Waals surface area (Å²) in [6.45, 7) is 3.38. The van der Waals surface area contributed by atoms with E-state index in [9.17, 15) is 13.6 Å². The van der Waals surface area contributed by atoms with Crippen LogP contribution in [0.15, 0.2) is 0 Å². The van der Waals surface area contributed by atoms with E-state index in [0.29, 0.717) is 0 Å². The molecule has 2 heterocycles. The Morgan fingerprint density at radius 1 is 1.65 bits per heavy atom. The Hall–Kier alpha value is -1.53. The first-order chi connectivity index (χ1) is 8.01. The number of halogens is 2. The van der Waals surface area contributed by atoms with Gasteiger partial charge < -0.3 is 4.74 Å². The molecule has 5 nitrogen and oxygen atoms in total. The zero-order valence-corrected chi connectivity index (χ0v) is 9.61. The van der Waals surface area contributed by atoms with Crippen LogP contribution < -0.4 is 0 Å². The van der Waals surface area contributed by atoms with Crippen LogP contribution in [0, 0.1) is 0 Å². The number of carbonyl (C=O) groups is 1. The lowest BCUT2D eigenvalue weighted by molar-refractivity contribution is 0.0421. The van der Waals surface area contributed by atoms with Gasteiger partial charge in [-0.05, 0) is 13.3 Å². The van der Waals surface area contributed by atoms with Crippen molar-refractivity contribution in [3.63, 3.8) is 0 Å². The molecule has 0 amide bonds. The molecule has 0 saturated heterocycles. The Labute approximate surface area is 96.8 Å². The van der Waals surface area contributed by atoms with E-state index in [2.05, 4.69) is 14.8 Å². The van der Waals surface area contributed by atoms with Crippen molar-refractivity contribution < 1.29 is 18.3 Å². The highest BCUT2D eigenvalue weighted by atomic mass is 19.2. The van der Waals surface area contributed by atoms with E-state index in [-0.39, 0.29) is 31.1 Å². The van der Waals surface area contributed by atoms with Crippen molar-refractivity contribution in [3.05, 3.63) is 11.6 Å². The first-order valence-corrected chi connectivity index (χ1v) is 5.49. The Balaban J connectivity index is 2.36. The first-order valence-electron chi connectivity index (χ1n) is 5.49. The maximum absolute atomic E-state index is 14.2. The van der Waals surface area contributed by atoms with Crippen LogP contribution >= 0.6 is 0 Å². The fraction of sp³-hybridized carbons (Fsp3) is 0.700. The van der Waals surface area contributed by atoms with Gasteiger partial charge in [0.05, 0.1) is 6.61 Å². The fourth-order valence-corrected chi connectivity index (χ4v) is 1.85. The molecule has 1 aliphatic heterocycles. The summed E-state index contributed by atoms with van der Waals surface area (Å²) in [5.41, 5.74) is 0. The SMILES string of the molecule is CCOC(=O)c1nc2n(n1)C(F)(CC)CC2F. The molecule has 0 bridgehead atoms. The van der Waals surface area contributed by atoms with Gasteiger partial charge in [0.15, 0.2) is 12.0 Å². The minimum absolute atomic E-state index is 0.0754. The van der Waals surface area contributed by atoms with Crippen molar-refractivity contribution in [1.82, 2.24) is 14.8 Å². The van der Waals surface area contributed by atoms with Crippen molar-refractivity contribution in [2.45, 2.75) is 38.7 Å². The lowest BCUT2D eigenvalue weighted by atomic mass is 10.1. The first kappa shape index (κ1) is 11.9. The normalized spacial score (nSPS) is 26.9. The largest absolute Gasteiger partial charge is 0.460 e. The highest BCUT2D eigenvalue weighted by Gasteiger charge is 2.46. The topological polar surface area (TPSA) is 57.0 Å². The van der Waals surface area contributed by atoms with E-state index >= 15 is 0 Å². The van der Waals surface area contributed by atoms with E-state index in [4.69, 9.17) is 0 Å². The smallest absolute Gasteiger partial charge is 0.378 e. The number of aromatic nitrogens is 3. The third-order valence-corrected chi connectivity index (χ3v) is 2.78. The summed E-state index contributed by atoms with van der Waals surface area (Å²) >= 11 is 0. The van der Waals surface area contributed by atoms with E-state index in [1.54, 1.807) is 13.8 Å². The van der Waals surface area contributed by atoms with Crippen LogP contribution in [-0.4, -0.2) is 27.3 Å². The number of esters is 1. The number of fused-ring (bicyclic) bond motifs is 1. The lowest BCUT2D eigenvalue weighted by Gasteiger charge is -2.17. The molecule has 94 valence electrons. The number of rotatable bonds is 3. The average Bonchev–Trinajstić information content (AvgIpc) is 2.82. The van der Waals surface area contributed by atoms with Crippen molar-refractivity contribution in [1.29, 1.82) is 0 Å². The number of hydrogen-bond donors (Lipinski definition) is 0. The zero-order valence-electron chi connectivity index (χ0n) is 9.61. The zero-order chi connectivity index (χ0) is 12.6. The summed E-state index contributed by atoms with van der Waals surface area (Å²) in [5.74, 6) is -3.09. The van der Waals surface area contributed by atoms with Crippen LogP contribution in [0.25, 0.3) is 0 Å². The molecular formula is C10H13F2N3O2. The summed E-state index contributed by atoms with van der Waals surface area (Å²) in [6, 6.07) is 0. The Morgan fingerprint density at radius 3 is 2.94 bits per heavy atom. The molecule has 0 N–H and O–H groups in total. The van der Waals surface area contributed by atoms with E-state index in [1.165, 1.54) is 0 Å². The van der Waals surface area contributed by atoms with Gasteiger partial charge in [0.2, 0.25) is 5.79 Å². The van der Waals surface area contributed by atoms with Gasteiger partial charge in [-0.1, -0.05) is 6.92 Å². The molecule has 1 aromatic heterocycles. The molecule has 0 aliphatic carbocycles. The monoisotopic (exact) mass is 245 g/mol. The van der Waals surface area contributed by atoms with Crippen molar-refractivity contribution in [2.75, 3.05) is 6.61 Å². The van der Waals surface area contributed by atoms with Gasteiger partial charge in [0.25, 0.3) is 5.82 Å². The van der Waals surface area contributed by atoms with Crippen LogP contribution in [-0.2, 0) is 10.5 Å². The Kier molecular flexibility index (Phi) is 2.84. The standard InChI is InChI=1S/C10H13F2N3O2/c1-3-10(12)5-6(11)8-13-7(14-15(8)10)9(16)17-4-2/h6H,3-5H2,1-2H3. The van der Waals surface area contributed by atoms with Gasteiger partial charge >= 0.3 is 5.97 Å². The van der Waals surface area contributed by atoms with Crippen molar-refractivity contribution in [3.8, 4) is 0 Å². The number of alkyl halides is 2. The predicted octanol–water partition coefficient (Wildman–Crippen LogP) is 1.90. The number of ether oxygens (including phenoxy) is 1. The molecule has 1 aromatic rings. The average molecular weight is 245 g/mol. The van der Waals surface area contributed by atoms with E-state index < -0.39 is 17.9 Å². The fourth-order valence-electron chi connectivity index (χ4n) is 1.85. The molecule has 2 atom stereocenters.